The molecule has 2 amide bonds. The Hall–Kier alpha value is -1.41. The summed E-state index contributed by atoms with van der Waals surface area (Å²) in [6.45, 7) is 0. The first-order valence-corrected chi connectivity index (χ1v) is 5.09. The van der Waals surface area contributed by atoms with Crippen LogP contribution in [0.3, 0.4) is 0 Å². The smallest absolute Gasteiger partial charge is 0.322 e. The first kappa shape index (κ1) is 12.7. The summed E-state index contributed by atoms with van der Waals surface area (Å²) in [6, 6.07) is -1.11. The van der Waals surface area contributed by atoms with Crippen LogP contribution in [0.4, 0.5) is 0 Å². The lowest BCUT2D eigenvalue weighted by molar-refractivity contribution is -0.197. The standard InChI is InChI=1S/C8H10N2O5S/c9-4(3-16)7(13)8(14)15-10-5(11)1-2-6(10)12/h4,16H,1-3,9H2/t4-/m0/s1. The van der Waals surface area contributed by atoms with Gasteiger partial charge in [0.05, 0.1) is 6.04 Å². The van der Waals surface area contributed by atoms with Gasteiger partial charge in [0.15, 0.2) is 0 Å². The highest BCUT2D eigenvalue weighted by atomic mass is 32.1. The van der Waals surface area contributed by atoms with Gasteiger partial charge in [-0.25, -0.2) is 4.79 Å². The van der Waals surface area contributed by atoms with Gasteiger partial charge in [0.1, 0.15) is 0 Å². The number of nitrogens with zero attached hydrogens (tertiary/aromatic N) is 1. The largest absolute Gasteiger partial charge is 0.401 e. The Kier molecular flexibility index (Phi) is 4.02. The molecule has 7 nitrogen and oxygen atoms in total. The van der Waals surface area contributed by atoms with Gasteiger partial charge in [-0.15, -0.1) is 5.06 Å². The lowest BCUT2D eigenvalue weighted by Crippen LogP contribution is -2.42. The number of Topliss-reactive ketones (excluding diaryl/α,β-unsaturated/α-hetero) is 1. The minimum absolute atomic E-state index is 0.0288. The maximum absolute atomic E-state index is 11.2. The van der Waals surface area contributed by atoms with Crippen molar-refractivity contribution in [2.75, 3.05) is 5.75 Å². The first-order valence-electron chi connectivity index (χ1n) is 4.45. The average molecular weight is 246 g/mol. The summed E-state index contributed by atoms with van der Waals surface area (Å²) in [4.78, 5) is 48.8. The van der Waals surface area contributed by atoms with Crippen molar-refractivity contribution in [3.8, 4) is 0 Å². The van der Waals surface area contributed by atoms with E-state index in [0.717, 1.165) is 0 Å². The number of hydrogen-bond donors (Lipinski definition) is 2. The van der Waals surface area contributed by atoms with Gasteiger partial charge in [0.25, 0.3) is 17.6 Å². The van der Waals surface area contributed by atoms with E-state index in [4.69, 9.17) is 5.73 Å². The van der Waals surface area contributed by atoms with E-state index in [-0.39, 0.29) is 18.6 Å². The quantitative estimate of drug-likeness (QED) is 0.352. The number of carbonyl (C=O) groups is 4. The van der Waals surface area contributed by atoms with Gasteiger partial charge in [-0.05, 0) is 0 Å². The van der Waals surface area contributed by atoms with Crippen LogP contribution >= 0.6 is 12.6 Å². The topological polar surface area (TPSA) is 107 Å². The molecule has 88 valence electrons. The summed E-state index contributed by atoms with van der Waals surface area (Å²) in [5.41, 5.74) is 5.25. The lowest BCUT2D eigenvalue weighted by atomic mass is 10.2. The van der Waals surface area contributed by atoms with Crippen molar-refractivity contribution in [3.05, 3.63) is 0 Å². The highest BCUT2D eigenvalue weighted by Crippen LogP contribution is 2.12. The molecule has 1 rings (SSSR count). The normalized spacial score (nSPS) is 17.5. The Balaban J connectivity index is 2.61. The molecule has 1 aliphatic heterocycles. The Bertz CT molecular complexity index is 340. The molecule has 0 unspecified atom stereocenters. The number of ketones is 1. The van der Waals surface area contributed by atoms with Crippen molar-refractivity contribution in [2.24, 2.45) is 5.73 Å². The van der Waals surface area contributed by atoms with Crippen LogP contribution in [0.2, 0.25) is 0 Å². The number of imide groups is 1. The molecule has 8 heteroatoms. The maximum Gasteiger partial charge on any atom is 0.401 e. The number of rotatable bonds is 4. The fourth-order valence-electron chi connectivity index (χ4n) is 1.02. The van der Waals surface area contributed by atoms with Crippen molar-refractivity contribution in [3.63, 3.8) is 0 Å². The molecular weight excluding hydrogens is 236 g/mol. The van der Waals surface area contributed by atoms with Crippen molar-refractivity contribution in [2.45, 2.75) is 18.9 Å². The first-order chi connectivity index (χ1) is 7.47. The van der Waals surface area contributed by atoms with E-state index in [9.17, 15) is 19.2 Å². The number of thiol groups is 1. The van der Waals surface area contributed by atoms with Crippen LogP contribution in [0.15, 0.2) is 0 Å². The number of carbonyl (C=O) groups excluding carboxylic acids is 4. The van der Waals surface area contributed by atoms with Gasteiger partial charge < -0.3 is 10.6 Å². The van der Waals surface area contributed by atoms with Crippen LogP contribution in [0, 0.1) is 0 Å². The molecule has 1 atom stereocenters. The second-order valence-electron chi connectivity index (χ2n) is 3.11. The molecule has 0 aromatic carbocycles. The Morgan fingerprint density at radius 2 is 1.88 bits per heavy atom. The SMILES string of the molecule is N[C@@H](CS)C(=O)C(=O)ON1C(=O)CCC1=O. The molecule has 0 bridgehead atoms. The molecule has 0 spiro atoms. The monoisotopic (exact) mass is 246 g/mol. The van der Waals surface area contributed by atoms with Gasteiger partial charge in [-0.2, -0.15) is 12.6 Å². The van der Waals surface area contributed by atoms with Crippen molar-refractivity contribution in [1.82, 2.24) is 5.06 Å². The van der Waals surface area contributed by atoms with Crippen molar-refractivity contribution in [1.29, 1.82) is 0 Å². The second kappa shape index (κ2) is 5.08. The van der Waals surface area contributed by atoms with Crippen LogP contribution in [0.25, 0.3) is 0 Å². The van der Waals surface area contributed by atoms with E-state index >= 15 is 0 Å². The van der Waals surface area contributed by atoms with Crippen LogP contribution < -0.4 is 5.73 Å². The highest BCUT2D eigenvalue weighted by molar-refractivity contribution is 7.80. The predicted octanol–water partition coefficient (Wildman–Crippen LogP) is -1.58. The van der Waals surface area contributed by atoms with Crippen LogP contribution in [0.1, 0.15) is 12.8 Å². The lowest BCUT2D eigenvalue weighted by Gasteiger charge is -2.13. The number of nitrogens with two attached hydrogens (primary N) is 1. The van der Waals surface area contributed by atoms with Crippen LogP contribution in [-0.2, 0) is 24.0 Å². The molecular formula is C8H10N2O5S. The summed E-state index contributed by atoms with van der Waals surface area (Å²) in [7, 11) is 0. The molecule has 0 saturated carbocycles. The van der Waals surface area contributed by atoms with Crippen LogP contribution in [-0.4, -0.2) is 40.4 Å². The Morgan fingerprint density at radius 3 is 2.31 bits per heavy atom. The summed E-state index contributed by atoms with van der Waals surface area (Å²) in [6.07, 6.45) is -0.0577. The fourth-order valence-corrected chi connectivity index (χ4v) is 1.19. The summed E-state index contributed by atoms with van der Waals surface area (Å²) in [5.74, 6) is -3.68. The molecule has 16 heavy (non-hydrogen) atoms. The van der Waals surface area contributed by atoms with Gasteiger partial charge in [-0.3, -0.25) is 14.4 Å². The molecule has 1 heterocycles. The third kappa shape index (κ3) is 2.58. The molecule has 0 aliphatic carbocycles. The van der Waals surface area contributed by atoms with E-state index in [0.29, 0.717) is 5.06 Å². The summed E-state index contributed by atoms with van der Waals surface area (Å²) < 4.78 is 0. The van der Waals surface area contributed by atoms with Crippen molar-refractivity contribution >= 4 is 36.2 Å². The Morgan fingerprint density at radius 1 is 1.38 bits per heavy atom. The van der Waals surface area contributed by atoms with Gasteiger partial charge in [0, 0.05) is 18.6 Å². The summed E-state index contributed by atoms with van der Waals surface area (Å²) in [5, 5.41) is 0.297. The Labute approximate surface area is 96.3 Å². The molecule has 1 fully saturated rings. The van der Waals surface area contributed by atoms with E-state index < -0.39 is 29.6 Å². The van der Waals surface area contributed by atoms with E-state index in [2.05, 4.69) is 17.5 Å². The predicted molar refractivity (Wildman–Crippen MR) is 54.0 cm³/mol. The molecule has 0 radical (unpaired) electrons. The van der Waals surface area contributed by atoms with Gasteiger partial charge in [0.2, 0.25) is 0 Å². The van der Waals surface area contributed by atoms with Gasteiger partial charge in [-0.1, -0.05) is 0 Å². The van der Waals surface area contributed by atoms with E-state index in [1.807, 2.05) is 0 Å². The molecule has 0 aromatic rings. The third-order valence-corrected chi connectivity index (χ3v) is 2.31. The molecule has 1 saturated heterocycles. The number of hydrogen-bond acceptors (Lipinski definition) is 7. The highest BCUT2D eigenvalue weighted by Gasteiger charge is 2.35. The minimum atomic E-state index is -1.33. The zero-order chi connectivity index (χ0) is 12.3. The van der Waals surface area contributed by atoms with Crippen LogP contribution in [0.5, 0.6) is 0 Å². The molecule has 2 N–H and O–H groups in total. The summed E-state index contributed by atoms with van der Waals surface area (Å²) >= 11 is 3.73. The maximum atomic E-state index is 11.2. The molecule has 0 aromatic heterocycles. The van der Waals surface area contributed by atoms with Gasteiger partial charge >= 0.3 is 5.97 Å². The minimum Gasteiger partial charge on any atom is -0.322 e. The van der Waals surface area contributed by atoms with E-state index in [1.165, 1.54) is 0 Å². The second-order valence-corrected chi connectivity index (χ2v) is 3.48. The third-order valence-electron chi connectivity index (χ3n) is 1.91. The zero-order valence-electron chi connectivity index (χ0n) is 8.21. The van der Waals surface area contributed by atoms with E-state index in [1.54, 1.807) is 0 Å². The molecule has 1 aliphatic rings. The zero-order valence-corrected chi connectivity index (χ0v) is 9.11. The number of amides is 2. The fraction of sp³-hybridized carbons (Fsp3) is 0.500. The van der Waals surface area contributed by atoms with Crippen molar-refractivity contribution < 1.29 is 24.0 Å². The number of hydroxylamine groups is 2. The average Bonchev–Trinajstić information content (AvgIpc) is 2.58.